The highest BCUT2D eigenvalue weighted by atomic mass is 16.5. The summed E-state index contributed by atoms with van der Waals surface area (Å²) in [4.78, 5) is 25.0. The third kappa shape index (κ3) is 2.33. The molecule has 2 atom stereocenters. The van der Waals surface area contributed by atoms with Gasteiger partial charge in [0.2, 0.25) is 5.91 Å². The molecule has 0 aliphatic carbocycles. The Morgan fingerprint density at radius 2 is 2.44 bits per heavy atom. The molecule has 0 saturated carbocycles. The van der Waals surface area contributed by atoms with E-state index >= 15 is 0 Å². The van der Waals surface area contributed by atoms with Crippen molar-refractivity contribution in [2.75, 3.05) is 33.3 Å². The number of hydrogen-bond acceptors (Lipinski definition) is 4. The van der Waals surface area contributed by atoms with Crippen molar-refractivity contribution in [3.8, 4) is 0 Å². The predicted octanol–water partition coefficient (Wildman–Crippen LogP) is -1.68. The van der Waals surface area contributed by atoms with Gasteiger partial charge in [-0.1, -0.05) is 0 Å². The smallest absolute Gasteiger partial charge is 0.251 e. The van der Waals surface area contributed by atoms with Gasteiger partial charge >= 0.3 is 0 Å². The Morgan fingerprint density at radius 3 is 3.00 bits per heavy atom. The molecule has 6 heteroatoms. The van der Waals surface area contributed by atoms with Crippen molar-refractivity contribution in [1.29, 1.82) is 0 Å². The fourth-order valence-electron chi connectivity index (χ4n) is 1.95. The van der Waals surface area contributed by atoms with E-state index in [-0.39, 0.29) is 17.9 Å². The van der Waals surface area contributed by atoms with E-state index in [1.54, 1.807) is 11.9 Å². The van der Waals surface area contributed by atoms with Crippen LogP contribution in [0.25, 0.3) is 0 Å². The molecule has 2 rings (SSSR count). The monoisotopic (exact) mass is 227 g/mol. The fourth-order valence-corrected chi connectivity index (χ4v) is 1.95. The molecule has 2 unspecified atom stereocenters. The summed E-state index contributed by atoms with van der Waals surface area (Å²) in [5.41, 5.74) is 0. The second kappa shape index (κ2) is 4.80. The molecule has 0 bridgehead atoms. The number of rotatable bonds is 2. The molecule has 2 amide bonds. The summed E-state index contributed by atoms with van der Waals surface area (Å²) in [6.45, 7) is 2.53. The van der Waals surface area contributed by atoms with Gasteiger partial charge in [-0.25, -0.2) is 0 Å². The number of likely N-dealkylation sites (tertiary alicyclic amines) is 1. The van der Waals surface area contributed by atoms with Gasteiger partial charge in [0.1, 0.15) is 12.1 Å². The zero-order valence-corrected chi connectivity index (χ0v) is 9.36. The molecule has 16 heavy (non-hydrogen) atoms. The molecule has 0 radical (unpaired) electrons. The van der Waals surface area contributed by atoms with E-state index < -0.39 is 6.10 Å². The summed E-state index contributed by atoms with van der Waals surface area (Å²) in [6.07, 6.45) is 0.216. The maximum Gasteiger partial charge on any atom is 0.251 e. The van der Waals surface area contributed by atoms with Gasteiger partial charge in [0.05, 0.1) is 6.61 Å². The van der Waals surface area contributed by atoms with Gasteiger partial charge in [-0.15, -0.1) is 0 Å². The summed E-state index contributed by atoms with van der Waals surface area (Å²) in [6, 6.07) is -0.372. The highest BCUT2D eigenvalue weighted by Gasteiger charge is 2.32. The molecule has 2 heterocycles. The third-order valence-corrected chi connectivity index (χ3v) is 2.96. The largest absolute Gasteiger partial charge is 0.366 e. The van der Waals surface area contributed by atoms with E-state index in [4.69, 9.17) is 4.74 Å². The Hall–Kier alpha value is -1.14. The average Bonchev–Trinajstić information content (AvgIpc) is 2.62. The molecular formula is C10H17N3O3. The van der Waals surface area contributed by atoms with Crippen LogP contribution in [0.1, 0.15) is 6.42 Å². The molecule has 2 aliphatic heterocycles. The summed E-state index contributed by atoms with van der Waals surface area (Å²) in [5.74, 6) is -0.210. The first kappa shape index (κ1) is 11.3. The van der Waals surface area contributed by atoms with Crippen molar-refractivity contribution in [2.45, 2.75) is 18.6 Å². The maximum atomic E-state index is 11.8. The maximum absolute atomic E-state index is 11.8. The van der Waals surface area contributed by atoms with Crippen molar-refractivity contribution in [3.05, 3.63) is 0 Å². The first-order valence-corrected chi connectivity index (χ1v) is 5.56. The van der Waals surface area contributed by atoms with Gasteiger partial charge in [-0.05, 0) is 6.42 Å². The lowest BCUT2D eigenvalue weighted by molar-refractivity contribution is -0.138. The van der Waals surface area contributed by atoms with Gasteiger partial charge in [-0.2, -0.15) is 0 Å². The first-order chi connectivity index (χ1) is 7.68. The van der Waals surface area contributed by atoms with Gasteiger partial charge in [-0.3, -0.25) is 9.59 Å². The van der Waals surface area contributed by atoms with Crippen molar-refractivity contribution in [3.63, 3.8) is 0 Å². The molecule has 6 nitrogen and oxygen atoms in total. The van der Waals surface area contributed by atoms with E-state index in [9.17, 15) is 9.59 Å². The van der Waals surface area contributed by atoms with Crippen LogP contribution in [-0.2, 0) is 14.3 Å². The normalized spacial score (nSPS) is 30.6. The van der Waals surface area contributed by atoms with Gasteiger partial charge < -0.3 is 20.3 Å². The molecular weight excluding hydrogens is 210 g/mol. The summed E-state index contributed by atoms with van der Waals surface area (Å²) < 4.78 is 5.31. The molecule has 2 aliphatic rings. The number of morpholine rings is 1. The summed E-state index contributed by atoms with van der Waals surface area (Å²) in [5, 5.41) is 5.81. The Balaban J connectivity index is 1.84. The number of nitrogens with one attached hydrogen (secondary N) is 2. The Morgan fingerprint density at radius 1 is 1.62 bits per heavy atom. The van der Waals surface area contributed by atoms with Crippen LogP contribution in [0.4, 0.5) is 0 Å². The SMILES string of the molecule is CN1CCC(NC(=O)C2CNCCO2)C1=O. The lowest BCUT2D eigenvalue weighted by Crippen LogP contribution is -2.51. The number of ether oxygens (including phenoxy) is 1. The summed E-state index contributed by atoms with van der Waals surface area (Å²) in [7, 11) is 1.74. The molecule has 0 spiro atoms. The van der Waals surface area contributed by atoms with Crippen LogP contribution in [0.2, 0.25) is 0 Å². The van der Waals surface area contributed by atoms with E-state index in [1.165, 1.54) is 0 Å². The number of nitrogens with zero attached hydrogens (tertiary/aromatic N) is 1. The molecule has 0 aromatic rings. The highest BCUT2D eigenvalue weighted by molar-refractivity contribution is 5.90. The van der Waals surface area contributed by atoms with E-state index in [1.807, 2.05) is 0 Å². The van der Waals surface area contributed by atoms with Crippen LogP contribution >= 0.6 is 0 Å². The van der Waals surface area contributed by atoms with E-state index in [0.717, 1.165) is 6.54 Å². The molecule has 90 valence electrons. The number of hydrogen-bond donors (Lipinski definition) is 2. The number of amides is 2. The van der Waals surface area contributed by atoms with E-state index in [0.29, 0.717) is 26.1 Å². The topological polar surface area (TPSA) is 70.7 Å². The third-order valence-electron chi connectivity index (χ3n) is 2.96. The van der Waals surface area contributed by atoms with E-state index in [2.05, 4.69) is 10.6 Å². The lowest BCUT2D eigenvalue weighted by Gasteiger charge is -2.24. The van der Waals surface area contributed by atoms with Crippen LogP contribution in [-0.4, -0.2) is 62.1 Å². The Labute approximate surface area is 94.3 Å². The van der Waals surface area contributed by atoms with Gasteiger partial charge in [0.15, 0.2) is 0 Å². The molecule has 0 aromatic heterocycles. The second-order valence-electron chi connectivity index (χ2n) is 4.17. The second-order valence-corrected chi connectivity index (χ2v) is 4.17. The van der Waals surface area contributed by atoms with Crippen molar-refractivity contribution in [2.24, 2.45) is 0 Å². The molecule has 0 aromatic carbocycles. The van der Waals surface area contributed by atoms with Crippen LogP contribution in [0.15, 0.2) is 0 Å². The van der Waals surface area contributed by atoms with Gasteiger partial charge in [0.25, 0.3) is 5.91 Å². The van der Waals surface area contributed by atoms with Crippen LogP contribution in [0.3, 0.4) is 0 Å². The van der Waals surface area contributed by atoms with Crippen LogP contribution in [0.5, 0.6) is 0 Å². The zero-order chi connectivity index (χ0) is 11.5. The number of carbonyl (C=O) groups excluding carboxylic acids is 2. The van der Waals surface area contributed by atoms with Crippen molar-refractivity contribution < 1.29 is 14.3 Å². The summed E-state index contributed by atoms with van der Waals surface area (Å²) >= 11 is 0. The van der Waals surface area contributed by atoms with Crippen LogP contribution < -0.4 is 10.6 Å². The average molecular weight is 227 g/mol. The quantitative estimate of drug-likeness (QED) is 0.591. The number of carbonyl (C=O) groups is 2. The lowest BCUT2D eigenvalue weighted by atomic mass is 10.2. The highest BCUT2D eigenvalue weighted by Crippen LogP contribution is 2.09. The number of likely N-dealkylation sites (N-methyl/N-ethyl adjacent to an activating group) is 1. The molecule has 2 N–H and O–H groups in total. The van der Waals surface area contributed by atoms with Crippen molar-refractivity contribution >= 4 is 11.8 Å². The van der Waals surface area contributed by atoms with Gasteiger partial charge in [0, 0.05) is 26.7 Å². The van der Waals surface area contributed by atoms with Crippen molar-refractivity contribution in [1.82, 2.24) is 15.5 Å². The minimum atomic E-state index is -0.465. The Bertz CT molecular complexity index is 289. The minimum Gasteiger partial charge on any atom is -0.366 e. The zero-order valence-electron chi connectivity index (χ0n) is 9.36. The molecule has 2 fully saturated rings. The van der Waals surface area contributed by atoms with Crippen LogP contribution in [0, 0.1) is 0 Å². The minimum absolute atomic E-state index is 0.0166. The Kier molecular flexibility index (Phi) is 3.40. The molecule has 2 saturated heterocycles. The first-order valence-electron chi connectivity index (χ1n) is 5.56. The standard InChI is InChI=1S/C10H17N3O3/c1-13-4-2-7(10(13)15)12-9(14)8-6-11-3-5-16-8/h7-8,11H,2-6H2,1H3,(H,12,14). The predicted molar refractivity (Wildman–Crippen MR) is 56.8 cm³/mol. The fraction of sp³-hybridized carbons (Fsp3) is 0.800.